The summed E-state index contributed by atoms with van der Waals surface area (Å²) in [5, 5.41) is 17.0. The first-order valence-electron chi connectivity index (χ1n) is 4.18. The van der Waals surface area contributed by atoms with E-state index >= 15 is 0 Å². The number of hydrogen-bond acceptors (Lipinski definition) is 4. The van der Waals surface area contributed by atoms with Gasteiger partial charge in [-0.1, -0.05) is 6.92 Å². The molecule has 0 rings (SSSR count). The van der Waals surface area contributed by atoms with E-state index in [0.29, 0.717) is 13.2 Å². The van der Waals surface area contributed by atoms with Crippen LogP contribution < -0.4 is 0 Å². The summed E-state index contributed by atoms with van der Waals surface area (Å²) in [6.45, 7) is 2.84. The monoisotopic (exact) mass is 208 g/mol. The Morgan fingerprint density at radius 2 is 2.23 bits per heavy atom. The van der Waals surface area contributed by atoms with Gasteiger partial charge in [0.25, 0.3) is 0 Å². The van der Waals surface area contributed by atoms with Crippen molar-refractivity contribution in [2.45, 2.75) is 18.6 Å². The van der Waals surface area contributed by atoms with E-state index in [-0.39, 0.29) is 18.3 Å². The molecule has 0 fully saturated rings. The van der Waals surface area contributed by atoms with Crippen molar-refractivity contribution in [1.29, 1.82) is 0 Å². The molecule has 0 aromatic carbocycles. The van der Waals surface area contributed by atoms with Gasteiger partial charge in [-0.25, -0.2) is 0 Å². The number of carboxylic acid groups (broad SMARTS) is 1. The highest BCUT2D eigenvalue weighted by molar-refractivity contribution is 7.99. The van der Waals surface area contributed by atoms with Crippen LogP contribution in [-0.2, 0) is 9.53 Å². The number of aliphatic hydroxyl groups excluding tert-OH is 1. The molecule has 0 aliphatic rings. The van der Waals surface area contributed by atoms with Crippen LogP contribution in [0.1, 0.15) is 13.3 Å². The third kappa shape index (κ3) is 9.66. The highest BCUT2D eigenvalue weighted by Crippen LogP contribution is 2.13. The van der Waals surface area contributed by atoms with Gasteiger partial charge in [-0.2, -0.15) is 11.8 Å². The quantitative estimate of drug-likeness (QED) is 0.571. The number of carbonyl (C=O) groups is 1. The molecule has 0 aromatic heterocycles. The molecule has 2 N–H and O–H groups in total. The van der Waals surface area contributed by atoms with Crippen molar-refractivity contribution in [1.82, 2.24) is 0 Å². The average molecular weight is 208 g/mol. The molecule has 0 radical (unpaired) electrons. The van der Waals surface area contributed by atoms with Crippen molar-refractivity contribution in [3.8, 4) is 0 Å². The minimum Gasteiger partial charge on any atom is -0.481 e. The highest BCUT2D eigenvalue weighted by atomic mass is 32.2. The Kier molecular flexibility index (Phi) is 8.18. The van der Waals surface area contributed by atoms with Crippen LogP contribution in [0.2, 0.25) is 0 Å². The second kappa shape index (κ2) is 8.34. The van der Waals surface area contributed by atoms with Crippen LogP contribution in [0.4, 0.5) is 0 Å². The maximum Gasteiger partial charge on any atom is 0.304 e. The Hall–Kier alpha value is -0.260. The first kappa shape index (κ1) is 12.7. The topological polar surface area (TPSA) is 66.8 Å². The number of rotatable bonds is 8. The van der Waals surface area contributed by atoms with Gasteiger partial charge in [-0.15, -0.1) is 0 Å². The molecule has 1 unspecified atom stereocenters. The number of thioether (sulfide) groups is 1. The van der Waals surface area contributed by atoms with Gasteiger partial charge in [0.15, 0.2) is 0 Å². The zero-order valence-electron chi connectivity index (χ0n) is 7.73. The molecular weight excluding hydrogens is 192 g/mol. The molecule has 78 valence electrons. The zero-order chi connectivity index (χ0) is 10.1. The lowest BCUT2D eigenvalue weighted by molar-refractivity contribution is -0.136. The number of carboxylic acids is 1. The molecule has 0 aromatic rings. The second-order valence-electron chi connectivity index (χ2n) is 2.62. The summed E-state index contributed by atoms with van der Waals surface area (Å²) in [5.41, 5.74) is 0. The Morgan fingerprint density at radius 1 is 1.54 bits per heavy atom. The van der Waals surface area contributed by atoms with Gasteiger partial charge in [0.05, 0.1) is 26.2 Å². The van der Waals surface area contributed by atoms with Crippen LogP contribution in [0.5, 0.6) is 0 Å². The van der Waals surface area contributed by atoms with Crippen LogP contribution in [0, 0.1) is 0 Å². The van der Waals surface area contributed by atoms with E-state index in [9.17, 15) is 4.79 Å². The van der Waals surface area contributed by atoms with Crippen LogP contribution in [-0.4, -0.2) is 47.0 Å². The molecular formula is C8H16O4S. The Labute approximate surface area is 82.3 Å². The fourth-order valence-electron chi connectivity index (χ4n) is 0.780. The number of aliphatic carboxylic acids is 1. The third-order valence-electron chi connectivity index (χ3n) is 1.33. The normalized spacial score (nSPS) is 12.8. The standard InChI is InChI=1S/C8H16O4S/c1-7(6-8(10)11)13-5-4-12-3-2-9/h7,9H,2-6H2,1H3,(H,10,11). The van der Waals surface area contributed by atoms with Crippen LogP contribution in [0.25, 0.3) is 0 Å². The van der Waals surface area contributed by atoms with Gasteiger partial charge in [-0.05, 0) is 0 Å². The fourth-order valence-corrected chi connectivity index (χ4v) is 1.66. The lowest BCUT2D eigenvalue weighted by atomic mass is 10.3. The van der Waals surface area contributed by atoms with Gasteiger partial charge >= 0.3 is 5.97 Å². The lowest BCUT2D eigenvalue weighted by Crippen LogP contribution is -2.09. The molecule has 0 aliphatic carbocycles. The summed E-state index contributed by atoms with van der Waals surface area (Å²) >= 11 is 1.57. The van der Waals surface area contributed by atoms with E-state index in [1.807, 2.05) is 6.92 Å². The first-order chi connectivity index (χ1) is 6.16. The van der Waals surface area contributed by atoms with Crippen LogP contribution in [0.3, 0.4) is 0 Å². The highest BCUT2D eigenvalue weighted by Gasteiger charge is 2.06. The minimum atomic E-state index is -0.767. The molecule has 0 heterocycles. The van der Waals surface area contributed by atoms with Crippen LogP contribution >= 0.6 is 11.8 Å². The SMILES string of the molecule is CC(CC(=O)O)SCCOCCO. The van der Waals surface area contributed by atoms with Gasteiger partial charge in [-0.3, -0.25) is 4.79 Å². The average Bonchev–Trinajstić information content (AvgIpc) is 2.02. The van der Waals surface area contributed by atoms with Gasteiger partial charge in [0.2, 0.25) is 0 Å². The molecule has 1 atom stereocenters. The Bertz CT molecular complexity index is 140. The van der Waals surface area contributed by atoms with Gasteiger partial charge in [0, 0.05) is 11.0 Å². The van der Waals surface area contributed by atoms with E-state index in [1.165, 1.54) is 0 Å². The van der Waals surface area contributed by atoms with Crippen molar-refractivity contribution >= 4 is 17.7 Å². The minimum absolute atomic E-state index is 0.0370. The molecule has 0 saturated heterocycles. The summed E-state index contributed by atoms with van der Waals surface area (Å²) in [4.78, 5) is 10.3. The number of hydrogen-bond donors (Lipinski definition) is 2. The van der Waals surface area contributed by atoms with Gasteiger partial charge < -0.3 is 14.9 Å². The maximum atomic E-state index is 10.3. The van der Waals surface area contributed by atoms with Crippen molar-refractivity contribution < 1.29 is 19.7 Å². The van der Waals surface area contributed by atoms with Crippen LogP contribution in [0.15, 0.2) is 0 Å². The van der Waals surface area contributed by atoms with E-state index in [2.05, 4.69) is 0 Å². The maximum absolute atomic E-state index is 10.3. The van der Waals surface area contributed by atoms with Crippen molar-refractivity contribution in [3.63, 3.8) is 0 Å². The largest absolute Gasteiger partial charge is 0.481 e. The number of ether oxygens (including phenoxy) is 1. The van der Waals surface area contributed by atoms with E-state index in [0.717, 1.165) is 5.75 Å². The molecule has 0 amide bonds. The molecule has 0 bridgehead atoms. The smallest absolute Gasteiger partial charge is 0.304 e. The predicted molar refractivity (Wildman–Crippen MR) is 52.1 cm³/mol. The summed E-state index contributed by atoms with van der Waals surface area (Å²) in [7, 11) is 0. The predicted octanol–water partition coefficient (Wildman–Crippen LogP) is 0.592. The third-order valence-corrected chi connectivity index (χ3v) is 2.47. The first-order valence-corrected chi connectivity index (χ1v) is 5.23. The van der Waals surface area contributed by atoms with E-state index in [1.54, 1.807) is 11.8 Å². The molecule has 13 heavy (non-hydrogen) atoms. The Morgan fingerprint density at radius 3 is 2.77 bits per heavy atom. The molecule has 5 heteroatoms. The molecule has 4 nitrogen and oxygen atoms in total. The zero-order valence-corrected chi connectivity index (χ0v) is 8.55. The van der Waals surface area contributed by atoms with Gasteiger partial charge in [0.1, 0.15) is 0 Å². The molecule has 0 saturated carbocycles. The second-order valence-corrected chi connectivity index (χ2v) is 4.16. The van der Waals surface area contributed by atoms with Crippen molar-refractivity contribution in [3.05, 3.63) is 0 Å². The van der Waals surface area contributed by atoms with Crippen molar-refractivity contribution in [2.24, 2.45) is 0 Å². The molecule has 0 spiro atoms. The van der Waals surface area contributed by atoms with Crippen molar-refractivity contribution in [2.75, 3.05) is 25.6 Å². The van der Waals surface area contributed by atoms with E-state index < -0.39 is 5.97 Å². The summed E-state index contributed by atoms with van der Waals surface area (Å²) < 4.78 is 5.02. The summed E-state index contributed by atoms with van der Waals surface area (Å²) in [6.07, 6.45) is 0.185. The summed E-state index contributed by atoms with van der Waals surface area (Å²) in [5.74, 6) is 0.00493. The Balaban J connectivity index is 3.17. The molecule has 0 aliphatic heterocycles. The summed E-state index contributed by atoms with van der Waals surface area (Å²) in [6, 6.07) is 0. The fraction of sp³-hybridized carbons (Fsp3) is 0.875. The number of aliphatic hydroxyl groups is 1. The lowest BCUT2D eigenvalue weighted by Gasteiger charge is -2.07. The van der Waals surface area contributed by atoms with E-state index in [4.69, 9.17) is 14.9 Å².